The van der Waals surface area contributed by atoms with Gasteiger partial charge in [-0.2, -0.15) is 5.10 Å². The maximum absolute atomic E-state index is 13.3. The molecule has 3 aromatic carbocycles. The minimum absolute atomic E-state index is 0.00516. The standard InChI is InChI=1S/C22H20ClN3O4S/c1-16-13-18(23)11-12-20(16)26(31(29,30)19-8-3-2-4-9-19)15-22(28)25-24-14-17-7-5-6-10-21(17)27/h2-14,27H,15H2,1H3,(H,25,28)/b24-14-. The molecule has 160 valence electrons. The van der Waals surface area contributed by atoms with Crippen LogP contribution in [0.25, 0.3) is 0 Å². The predicted octanol–water partition coefficient (Wildman–Crippen LogP) is 3.70. The lowest BCUT2D eigenvalue weighted by molar-refractivity contribution is -0.119. The second kappa shape index (κ2) is 9.63. The lowest BCUT2D eigenvalue weighted by atomic mass is 10.2. The van der Waals surface area contributed by atoms with Gasteiger partial charge in [0.2, 0.25) is 0 Å². The number of phenols is 1. The van der Waals surface area contributed by atoms with Crippen molar-refractivity contribution >= 4 is 39.4 Å². The monoisotopic (exact) mass is 457 g/mol. The number of benzene rings is 3. The molecule has 0 aliphatic rings. The van der Waals surface area contributed by atoms with Crippen molar-refractivity contribution in [1.82, 2.24) is 5.43 Å². The maximum Gasteiger partial charge on any atom is 0.264 e. The van der Waals surface area contributed by atoms with Gasteiger partial charge in [-0.3, -0.25) is 9.10 Å². The van der Waals surface area contributed by atoms with Crippen molar-refractivity contribution in [2.75, 3.05) is 10.8 Å². The number of carbonyl (C=O) groups excluding carboxylic acids is 1. The van der Waals surface area contributed by atoms with Gasteiger partial charge in [0.1, 0.15) is 12.3 Å². The molecular formula is C22H20ClN3O4S. The second-order valence-corrected chi connectivity index (χ2v) is 8.91. The van der Waals surface area contributed by atoms with E-state index in [-0.39, 0.29) is 10.6 Å². The number of rotatable bonds is 7. The van der Waals surface area contributed by atoms with Crippen LogP contribution in [0.3, 0.4) is 0 Å². The highest BCUT2D eigenvalue weighted by Gasteiger charge is 2.28. The minimum Gasteiger partial charge on any atom is -0.507 e. The summed E-state index contributed by atoms with van der Waals surface area (Å²) < 4.78 is 27.6. The number of phenolic OH excluding ortho intramolecular Hbond substituents is 1. The fraction of sp³-hybridized carbons (Fsp3) is 0.0909. The number of para-hydroxylation sites is 1. The summed E-state index contributed by atoms with van der Waals surface area (Å²) in [5, 5.41) is 14.0. The van der Waals surface area contributed by atoms with Crippen molar-refractivity contribution in [3.63, 3.8) is 0 Å². The van der Waals surface area contributed by atoms with Gasteiger partial charge >= 0.3 is 0 Å². The van der Waals surface area contributed by atoms with Gasteiger partial charge in [-0.1, -0.05) is 41.9 Å². The molecule has 3 aromatic rings. The smallest absolute Gasteiger partial charge is 0.264 e. The van der Waals surface area contributed by atoms with Crippen molar-refractivity contribution in [3.8, 4) is 5.75 Å². The number of sulfonamides is 1. The molecule has 7 nitrogen and oxygen atoms in total. The molecule has 0 atom stereocenters. The second-order valence-electron chi connectivity index (χ2n) is 6.61. The Morgan fingerprint density at radius 3 is 2.45 bits per heavy atom. The molecule has 0 aromatic heterocycles. The summed E-state index contributed by atoms with van der Waals surface area (Å²) >= 11 is 6.01. The maximum atomic E-state index is 13.3. The van der Waals surface area contributed by atoms with Crippen LogP contribution in [-0.2, 0) is 14.8 Å². The Labute approximate surface area is 185 Å². The van der Waals surface area contributed by atoms with Gasteiger partial charge in [0.25, 0.3) is 15.9 Å². The first kappa shape index (κ1) is 22.3. The number of nitrogens with one attached hydrogen (secondary N) is 1. The largest absolute Gasteiger partial charge is 0.507 e. The Balaban J connectivity index is 1.88. The van der Waals surface area contributed by atoms with Crippen LogP contribution >= 0.6 is 11.6 Å². The summed E-state index contributed by atoms with van der Waals surface area (Å²) in [6.07, 6.45) is 1.27. The molecule has 31 heavy (non-hydrogen) atoms. The summed E-state index contributed by atoms with van der Waals surface area (Å²) in [5.74, 6) is -0.647. The van der Waals surface area contributed by atoms with Crippen molar-refractivity contribution in [1.29, 1.82) is 0 Å². The van der Waals surface area contributed by atoms with Crippen LogP contribution in [0.2, 0.25) is 5.02 Å². The molecule has 9 heteroatoms. The molecule has 0 radical (unpaired) electrons. The van der Waals surface area contributed by atoms with Crippen LogP contribution in [0, 0.1) is 6.92 Å². The average molecular weight is 458 g/mol. The van der Waals surface area contributed by atoms with E-state index < -0.39 is 22.5 Å². The van der Waals surface area contributed by atoms with Gasteiger partial charge in [-0.25, -0.2) is 13.8 Å². The first-order chi connectivity index (χ1) is 14.8. The van der Waals surface area contributed by atoms with Crippen molar-refractivity contribution < 1.29 is 18.3 Å². The lowest BCUT2D eigenvalue weighted by Crippen LogP contribution is -2.40. The van der Waals surface area contributed by atoms with Crippen LogP contribution in [0.1, 0.15) is 11.1 Å². The van der Waals surface area contributed by atoms with Crippen LogP contribution in [-0.4, -0.2) is 32.2 Å². The van der Waals surface area contributed by atoms with Gasteiger partial charge in [0, 0.05) is 10.6 Å². The Morgan fingerprint density at radius 1 is 1.10 bits per heavy atom. The number of hydrazone groups is 1. The van der Waals surface area contributed by atoms with Gasteiger partial charge in [-0.05, 0) is 55.0 Å². The topological polar surface area (TPSA) is 99.1 Å². The zero-order valence-electron chi connectivity index (χ0n) is 16.6. The van der Waals surface area contributed by atoms with E-state index in [1.807, 2.05) is 0 Å². The van der Waals surface area contributed by atoms with Crippen LogP contribution < -0.4 is 9.73 Å². The van der Waals surface area contributed by atoms with Crippen LogP contribution in [0.5, 0.6) is 5.75 Å². The quantitative estimate of drug-likeness (QED) is 0.417. The SMILES string of the molecule is Cc1cc(Cl)ccc1N(CC(=O)N/N=C\c1ccccc1O)S(=O)(=O)c1ccccc1. The average Bonchev–Trinajstić information content (AvgIpc) is 2.74. The molecule has 1 amide bonds. The fourth-order valence-corrected chi connectivity index (χ4v) is 4.59. The molecule has 0 fully saturated rings. The van der Waals surface area contributed by atoms with E-state index in [0.717, 1.165) is 4.31 Å². The van der Waals surface area contributed by atoms with Crippen LogP contribution in [0.15, 0.2) is 82.8 Å². The van der Waals surface area contributed by atoms with E-state index in [1.54, 1.807) is 61.5 Å². The van der Waals surface area contributed by atoms with Crippen molar-refractivity contribution in [3.05, 3.63) is 88.9 Å². The third kappa shape index (κ3) is 5.42. The zero-order valence-corrected chi connectivity index (χ0v) is 18.1. The van der Waals surface area contributed by atoms with Crippen molar-refractivity contribution in [2.24, 2.45) is 5.10 Å². The van der Waals surface area contributed by atoms with Gasteiger partial charge in [-0.15, -0.1) is 0 Å². The summed E-state index contributed by atoms with van der Waals surface area (Å²) in [6.45, 7) is 1.21. The summed E-state index contributed by atoms with van der Waals surface area (Å²) in [4.78, 5) is 12.6. The van der Waals surface area contributed by atoms with Gasteiger partial charge < -0.3 is 5.11 Å². The predicted molar refractivity (Wildman–Crippen MR) is 121 cm³/mol. The Kier molecular flexibility index (Phi) is 6.94. The molecule has 0 spiro atoms. The number of aromatic hydroxyl groups is 1. The first-order valence-electron chi connectivity index (χ1n) is 9.23. The Bertz CT molecular complexity index is 1210. The van der Waals surface area contributed by atoms with E-state index in [0.29, 0.717) is 21.8 Å². The molecule has 0 heterocycles. The van der Waals surface area contributed by atoms with Gasteiger partial charge in [0.15, 0.2) is 0 Å². The van der Waals surface area contributed by atoms with E-state index in [1.165, 1.54) is 24.4 Å². The van der Waals surface area contributed by atoms with Crippen LogP contribution in [0.4, 0.5) is 5.69 Å². The number of anilines is 1. The summed E-state index contributed by atoms with van der Waals surface area (Å²) in [6, 6.07) is 19.1. The number of aryl methyl sites for hydroxylation is 1. The third-order valence-electron chi connectivity index (χ3n) is 4.38. The van der Waals surface area contributed by atoms with E-state index in [2.05, 4.69) is 10.5 Å². The minimum atomic E-state index is -4.03. The number of nitrogens with zero attached hydrogens (tertiary/aromatic N) is 2. The summed E-state index contributed by atoms with van der Waals surface area (Å²) in [7, 11) is -4.03. The number of hydrogen-bond donors (Lipinski definition) is 2. The fourth-order valence-electron chi connectivity index (χ4n) is 2.85. The molecule has 0 saturated carbocycles. The van der Waals surface area contributed by atoms with Crippen molar-refractivity contribution in [2.45, 2.75) is 11.8 Å². The zero-order chi connectivity index (χ0) is 22.4. The highest BCUT2D eigenvalue weighted by atomic mass is 35.5. The third-order valence-corrected chi connectivity index (χ3v) is 6.38. The van der Waals surface area contributed by atoms with E-state index in [4.69, 9.17) is 11.6 Å². The highest BCUT2D eigenvalue weighted by molar-refractivity contribution is 7.92. The molecule has 0 saturated heterocycles. The molecule has 3 rings (SSSR count). The Hall–Kier alpha value is -3.36. The summed E-state index contributed by atoms with van der Waals surface area (Å²) in [5.41, 5.74) is 3.63. The molecule has 0 aliphatic heterocycles. The first-order valence-corrected chi connectivity index (χ1v) is 11.0. The molecular weight excluding hydrogens is 438 g/mol. The number of hydrogen-bond acceptors (Lipinski definition) is 5. The molecule has 2 N–H and O–H groups in total. The highest BCUT2D eigenvalue weighted by Crippen LogP contribution is 2.28. The molecule has 0 unspecified atom stereocenters. The normalized spacial score (nSPS) is 11.4. The lowest BCUT2D eigenvalue weighted by Gasteiger charge is -2.25. The number of halogens is 1. The molecule has 0 aliphatic carbocycles. The Morgan fingerprint density at radius 2 is 1.77 bits per heavy atom. The van der Waals surface area contributed by atoms with E-state index >= 15 is 0 Å². The van der Waals surface area contributed by atoms with Gasteiger partial charge in [0.05, 0.1) is 16.8 Å². The van der Waals surface area contributed by atoms with E-state index in [9.17, 15) is 18.3 Å². The molecule has 0 bridgehead atoms. The number of amides is 1. The number of carbonyl (C=O) groups is 1.